The smallest absolute Gasteiger partial charge is 0.416 e. The zero-order chi connectivity index (χ0) is 18.5. The van der Waals surface area contributed by atoms with Gasteiger partial charge in [0, 0.05) is 13.5 Å². The van der Waals surface area contributed by atoms with Crippen molar-refractivity contribution >= 4 is 11.8 Å². The van der Waals surface area contributed by atoms with E-state index in [0.29, 0.717) is 0 Å². The Morgan fingerprint density at radius 3 is 2.33 bits per heavy atom. The highest BCUT2D eigenvalue weighted by Gasteiger charge is 2.34. The van der Waals surface area contributed by atoms with Crippen LogP contribution in [0.5, 0.6) is 5.75 Å². The van der Waals surface area contributed by atoms with Crippen molar-refractivity contribution in [1.82, 2.24) is 10.6 Å². The third-order valence-corrected chi connectivity index (χ3v) is 3.02. The van der Waals surface area contributed by atoms with Gasteiger partial charge in [0.2, 0.25) is 11.8 Å². The van der Waals surface area contributed by atoms with E-state index in [1.165, 1.54) is 26.0 Å². The lowest BCUT2D eigenvalue weighted by Gasteiger charge is -2.18. The SMILES string of the molecule is CC(=O)N[C@H](C)C(=O)NCc1ccc(OC(C)C)cc1C(F)(F)F. The third-order valence-electron chi connectivity index (χ3n) is 3.02. The van der Waals surface area contributed by atoms with E-state index in [1.54, 1.807) is 13.8 Å². The summed E-state index contributed by atoms with van der Waals surface area (Å²) in [6, 6.07) is 2.77. The monoisotopic (exact) mass is 346 g/mol. The fourth-order valence-corrected chi connectivity index (χ4v) is 2.02. The lowest BCUT2D eigenvalue weighted by Crippen LogP contribution is -2.43. The number of nitrogens with one attached hydrogen (secondary N) is 2. The summed E-state index contributed by atoms with van der Waals surface area (Å²) in [5, 5.41) is 4.74. The number of rotatable bonds is 6. The number of hydrogen-bond acceptors (Lipinski definition) is 3. The van der Waals surface area contributed by atoms with E-state index in [1.807, 2.05) is 0 Å². The van der Waals surface area contributed by atoms with Crippen molar-refractivity contribution in [3.8, 4) is 5.75 Å². The molecule has 2 N–H and O–H groups in total. The first-order valence-electron chi connectivity index (χ1n) is 7.42. The van der Waals surface area contributed by atoms with Gasteiger partial charge in [0.1, 0.15) is 11.8 Å². The number of halogens is 3. The normalized spacial score (nSPS) is 12.7. The fraction of sp³-hybridized carbons (Fsp3) is 0.500. The van der Waals surface area contributed by atoms with Crippen LogP contribution in [0.25, 0.3) is 0 Å². The van der Waals surface area contributed by atoms with Crippen molar-refractivity contribution in [2.75, 3.05) is 0 Å². The first-order chi connectivity index (χ1) is 11.0. The van der Waals surface area contributed by atoms with Crippen LogP contribution >= 0.6 is 0 Å². The highest BCUT2D eigenvalue weighted by Crippen LogP contribution is 2.34. The average Bonchev–Trinajstić information content (AvgIpc) is 2.43. The lowest BCUT2D eigenvalue weighted by atomic mass is 10.1. The van der Waals surface area contributed by atoms with Crippen molar-refractivity contribution in [3.05, 3.63) is 29.3 Å². The molecule has 0 fully saturated rings. The Hall–Kier alpha value is -2.25. The maximum atomic E-state index is 13.2. The summed E-state index contributed by atoms with van der Waals surface area (Å²) in [6.45, 7) is 5.81. The van der Waals surface area contributed by atoms with Crippen LogP contribution in [0, 0.1) is 0 Å². The quantitative estimate of drug-likeness (QED) is 0.832. The number of carbonyl (C=O) groups is 2. The first-order valence-corrected chi connectivity index (χ1v) is 7.42. The molecule has 2 amide bonds. The molecule has 0 aliphatic heterocycles. The minimum absolute atomic E-state index is 0.0815. The molecule has 0 saturated heterocycles. The van der Waals surface area contributed by atoms with Crippen molar-refractivity contribution in [3.63, 3.8) is 0 Å². The molecule has 8 heteroatoms. The average molecular weight is 346 g/mol. The number of amides is 2. The van der Waals surface area contributed by atoms with Crippen LogP contribution in [0.4, 0.5) is 13.2 Å². The van der Waals surface area contributed by atoms with Gasteiger partial charge in [0.05, 0.1) is 11.7 Å². The number of carbonyl (C=O) groups excluding carboxylic acids is 2. The fourth-order valence-electron chi connectivity index (χ4n) is 2.02. The molecule has 0 aliphatic rings. The predicted octanol–water partition coefficient (Wildman–Crippen LogP) is 2.63. The molecule has 0 spiro atoms. The molecule has 0 radical (unpaired) electrons. The number of hydrogen-bond donors (Lipinski definition) is 2. The molecule has 0 saturated carbocycles. The van der Waals surface area contributed by atoms with Gasteiger partial charge in [0.25, 0.3) is 0 Å². The van der Waals surface area contributed by atoms with Gasteiger partial charge < -0.3 is 15.4 Å². The molecule has 0 unspecified atom stereocenters. The van der Waals surface area contributed by atoms with Crippen LogP contribution < -0.4 is 15.4 Å². The summed E-state index contributed by atoms with van der Waals surface area (Å²) in [5.74, 6) is -0.858. The van der Waals surface area contributed by atoms with Crippen LogP contribution in [-0.4, -0.2) is 24.0 Å². The number of alkyl halides is 3. The topological polar surface area (TPSA) is 67.4 Å². The Labute approximate surface area is 138 Å². The zero-order valence-electron chi connectivity index (χ0n) is 14.0. The van der Waals surface area contributed by atoms with Crippen molar-refractivity contribution in [2.24, 2.45) is 0 Å². The highest BCUT2D eigenvalue weighted by atomic mass is 19.4. The first kappa shape index (κ1) is 19.8. The van der Waals surface area contributed by atoms with Crippen LogP contribution in [0.3, 0.4) is 0 Å². The molecule has 5 nitrogen and oxygen atoms in total. The van der Waals surface area contributed by atoms with Crippen LogP contribution in [0.1, 0.15) is 38.8 Å². The van der Waals surface area contributed by atoms with E-state index in [-0.39, 0.29) is 24.0 Å². The Balaban J connectivity index is 2.90. The standard InChI is InChI=1S/C16H21F3N2O3/c1-9(2)24-13-6-5-12(14(7-13)16(17,18)19)8-20-15(23)10(3)21-11(4)22/h5-7,9-10H,8H2,1-4H3,(H,20,23)(H,21,22)/t10-/m1/s1. The molecule has 1 rings (SSSR count). The van der Waals surface area contributed by atoms with Gasteiger partial charge in [-0.2, -0.15) is 13.2 Å². The summed E-state index contributed by atoms with van der Waals surface area (Å²) in [5.41, 5.74) is -0.949. The van der Waals surface area contributed by atoms with E-state index in [4.69, 9.17) is 4.74 Å². The predicted molar refractivity (Wildman–Crippen MR) is 82.3 cm³/mol. The summed E-state index contributed by atoms with van der Waals surface area (Å²) in [6.07, 6.45) is -4.82. The molecule has 24 heavy (non-hydrogen) atoms. The summed E-state index contributed by atoms with van der Waals surface area (Å²) >= 11 is 0. The minimum Gasteiger partial charge on any atom is -0.491 e. The Morgan fingerprint density at radius 2 is 1.83 bits per heavy atom. The van der Waals surface area contributed by atoms with Gasteiger partial charge >= 0.3 is 6.18 Å². The molecule has 134 valence electrons. The van der Waals surface area contributed by atoms with Gasteiger partial charge in [-0.15, -0.1) is 0 Å². The van der Waals surface area contributed by atoms with Gasteiger partial charge in [0.15, 0.2) is 0 Å². The molecular formula is C16H21F3N2O3. The van der Waals surface area contributed by atoms with Gasteiger partial charge in [-0.1, -0.05) is 6.07 Å². The van der Waals surface area contributed by atoms with E-state index >= 15 is 0 Å². The van der Waals surface area contributed by atoms with Gasteiger partial charge in [-0.05, 0) is 38.5 Å². The summed E-state index contributed by atoms with van der Waals surface area (Å²) < 4.78 is 44.9. The second-order valence-corrected chi connectivity index (χ2v) is 5.62. The largest absolute Gasteiger partial charge is 0.491 e. The van der Waals surface area contributed by atoms with Crippen LogP contribution in [-0.2, 0) is 22.3 Å². The molecule has 0 bridgehead atoms. The second-order valence-electron chi connectivity index (χ2n) is 5.62. The van der Waals surface area contributed by atoms with Crippen LogP contribution in [0.15, 0.2) is 18.2 Å². The Morgan fingerprint density at radius 1 is 1.21 bits per heavy atom. The molecular weight excluding hydrogens is 325 g/mol. The van der Waals surface area contributed by atoms with Crippen molar-refractivity contribution in [1.29, 1.82) is 0 Å². The molecule has 0 aromatic heterocycles. The molecule has 1 atom stereocenters. The van der Waals surface area contributed by atoms with E-state index in [2.05, 4.69) is 10.6 Å². The molecule has 0 heterocycles. The Bertz CT molecular complexity index is 601. The van der Waals surface area contributed by atoms with Crippen molar-refractivity contribution in [2.45, 2.75) is 52.6 Å². The van der Waals surface area contributed by atoms with E-state index in [0.717, 1.165) is 6.07 Å². The van der Waals surface area contributed by atoms with Crippen molar-refractivity contribution < 1.29 is 27.5 Å². The molecule has 0 aliphatic carbocycles. The summed E-state index contributed by atoms with van der Waals surface area (Å²) in [4.78, 5) is 22.7. The van der Waals surface area contributed by atoms with E-state index in [9.17, 15) is 22.8 Å². The highest BCUT2D eigenvalue weighted by molar-refractivity contribution is 5.86. The van der Waals surface area contributed by atoms with Crippen LogP contribution in [0.2, 0.25) is 0 Å². The maximum Gasteiger partial charge on any atom is 0.416 e. The molecule has 1 aromatic rings. The molecule has 1 aromatic carbocycles. The van der Waals surface area contributed by atoms with E-state index < -0.39 is 29.6 Å². The second kappa shape index (κ2) is 8.03. The maximum absolute atomic E-state index is 13.2. The number of ether oxygens (including phenoxy) is 1. The number of benzene rings is 1. The lowest BCUT2D eigenvalue weighted by molar-refractivity contribution is -0.138. The third kappa shape index (κ3) is 6.10. The Kier molecular flexibility index (Phi) is 6.62. The van der Waals surface area contributed by atoms with Gasteiger partial charge in [-0.3, -0.25) is 9.59 Å². The summed E-state index contributed by atoms with van der Waals surface area (Å²) in [7, 11) is 0. The minimum atomic E-state index is -4.57. The van der Waals surface area contributed by atoms with Gasteiger partial charge in [-0.25, -0.2) is 0 Å². The zero-order valence-corrected chi connectivity index (χ0v) is 14.0.